The van der Waals surface area contributed by atoms with Crippen LogP contribution in [0.25, 0.3) is 0 Å². The van der Waals surface area contributed by atoms with Crippen molar-refractivity contribution in [2.24, 2.45) is 16.8 Å². The van der Waals surface area contributed by atoms with Gasteiger partial charge in [-0.2, -0.15) is 4.31 Å². The van der Waals surface area contributed by atoms with Gasteiger partial charge in [-0.25, -0.2) is 13.4 Å². The van der Waals surface area contributed by atoms with Crippen molar-refractivity contribution in [1.82, 2.24) is 24.1 Å². The fourth-order valence-corrected chi connectivity index (χ4v) is 7.52. The number of methoxy groups -OCH3 is 1. The van der Waals surface area contributed by atoms with Crippen LogP contribution in [0.4, 0.5) is 0 Å². The molecule has 49 heavy (non-hydrogen) atoms. The molecule has 0 bridgehead atoms. The molecule has 1 aliphatic heterocycles. The summed E-state index contributed by atoms with van der Waals surface area (Å²) in [5, 5.41) is 0. The third kappa shape index (κ3) is 11.7. The van der Waals surface area contributed by atoms with Crippen molar-refractivity contribution >= 4 is 21.5 Å². The Kier molecular flexibility index (Phi) is 18.1. The molecule has 2 aromatic heterocycles. The predicted octanol–water partition coefficient (Wildman–Crippen LogP) is 6.06. The molecule has 2 unspecified atom stereocenters. The number of hydrogen-bond donors (Lipinski definition) is 0. The maximum Gasteiger partial charge on any atom is 0.244 e. The number of Topliss-reactive ketones (excluding diaryl/α,β-unsaturated/α-hetero) is 1. The van der Waals surface area contributed by atoms with Gasteiger partial charge in [0.15, 0.2) is 0 Å². The molecule has 1 aliphatic rings. The normalized spacial score (nSPS) is 16.2. The standard InChI is InChI=1S/C35H54N6O5S.C2H6/c1-9-14-26(4)33(28(6)42)34(32(10-2)39(7)25-29-15-12-13-16-36-29)38-27(5)31-23-30(24-37-35(31)46-22-21-45-8)47(43,44)41-19-17-40(11-3)18-20-41;1-2/h12-13,15-16,23-24,26,33H,9-11,14,17-22,25H2,1-8H3;1-2H3/b34-32+,38-27?;. The molecule has 3 heterocycles. The van der Waals surface area contributed by atoms with Gasteiger partial charge in [0, 0.05) is 52.2 Å². The number of carbonyl (C=O) groups is 1. The minimum absolute atomic E-state index is 0.0342. The van der Waals surface area contributed by atoms with Crippen molar-refractivity contribution in [3.63, 3.8) is 0 Å². The van der Waals surface area contributed by atoms with E-state index in [2.05, 4.69) is 47.5 Å². The molecular formula is C37H60N6O5S. The molecule has 0 saturated carbocycles. The summed E-state index contributed by atoms with van der Waals surface area (Å²) in [5.41, 5.74) is 3.46. The average molecular weight is 701 g/mol. The van der Waals surface area contributed by atoms with E-state index in [0.29, 0.717) is 62.7 Å². The third-order valence-corrected chi connectivity index (χ3v) is 10.6. The summed E-state index contributed by atoms with van der Waals surface area (Å²) in [7, 11) is -0.234. The smallest absolute Gasteiger partial charge is 0.244 e. The Balaban J connectivity index is 0.00000409. The Labute approximate surface area is 295 Å². The number of aliphatic imine (C=N–C) groups is 1. The first kappa shape index (κ1) is 42.0. The molecule has 1 fully saturated rings. The Morgan fingerprint density at radius 2 is 1.76 bits per heavy atom. The number of piperazine rings is 1. The Bertz CT molecular complexity index is 1470. The summed E-state index contributed by atoms with van der Waals surface area (Å²) in [6.45, 7) is 20.0. The molecule has 0 aliphatic carbocycles. The van der Waals surface area contributed by atoms with Crippen LogP contribution in [0.1, 0.15) is 85.9 Å². The van der Waals surface area contributed by atoms with Crippen molar-refractivity contribution < 1.29 is 22.7 Å². The van der Waals surface area contributed by atoms with Crippen LogP contribution in [-0.2, 0) is 26.1 Å². The first-order valence-corrected chi connectivity index (χ1v) is 19.2. The monoisotopic (exact) mass is 700 g/mol. The number of ketones is 1. The number of nitrogens with zero attached hydrogens (tertiary/aromatic N) is 6. The van der Waals surface area contributed by atoms with Crippen LogP contribution in [0.3, 0.4) is 0 Å². The number of likely N-dealkylation sites (N-methyl/N-ethyl adjacent to an activating group) is 1. The molecule has 0 amide bonds. The van der Waals surface area contributed by atoms with Crippen LogP contribution in [0.15, 0.2) is 57.9 Å². The molecule has 1 saturated heterocycles. The second-order valence-corrected chi connectivity index (χ2v) is 14.1. The zero-order chi connectivity index (χ0) is 36.6. The highest BCUT2D eigenvalue weighted by molar-refractivity contribution is 7.89. The van der Waals surface area contributed by atoms with Crippen LogP contribution in [0.2, 0.25) is 0 Å². The second kappa shape index (κ2) is 21.1. The average Bonchev–Trinajstić information content (AvgIpc) is 3.10. The SMILES string of the molecule is CC.CCCC(C)C(C(C)=O)/C(N=C(C)c1cc(S(=O)(=O)N2CCN(CC)CC2)cnc1OCCOC)=C(/CC)N(C)Cc1ccccn1. The molecule has 0 spiro atoms. The van der Waals surface area contributed by atoms with E-state index in [9.17, 15) is 13.2 Å². The highest BCUT2D eigenvalue weighted by atomic mass is 32.2. The predicted molar refractivity (Wildman–Crippen MR) is 197 cm³/mol. The van der Waals surface area contributed by atoms with E-state index in [-0.39, 0.29) is 29.1 Å². The van der Waals surface area contributed by atoms with Gasteiger partial charge in [-0.05, 0) is 57.4 Å². The summed E-state index contributed by atoms with van der Waals surface area (Å²) in [4.78, 5) is 32.0. The number of allylic oxidation sites excluding steroid dienone is 2. The maximum absolute atomic E-state index is 13.8. The summed E-state index contributed by atoms with van der Waals surface area (Å²) < 4.78 is 40.4. The van der Waals surface area contributed by atoms with Gasteiger partial charge in [0.1, 0.15) is 17.3 Å². The van der Waals surface area contributed by atoms with Gasteiger partial charge in [-0.3, -0.25) is 14.8 Å². The van der Waals surface area contributed by atoms with E-state index < -0.39 is 15.9 Å². The molecule has 274 valence electrons. The number of rotatable bonds is 18. The molecule has 2 atom stereocenters. The van der Waals surface area contributed by atoms with E-state index >= 15 is 0 Å². The summed E-state index contributed by atoms with van der Waals surface area (Å²) in [6, 6.07) is 7.43. The Morgan fingerprint density at radius 3 is 2.31 bits per heavy atom. The van der Waals surface area contributed by atoms with Crippen LogP contribution >= 0.6 is 0 Å². The molecule has 0 N–H and O–H groups in total. The van der Waals surface area contributed by atoms with Crippen molar-refractivity contribution in [3.05, 3.63) is 59.3 Å². The molecule has 3 rings (SSSR count). The maximum atomic E-state index is 13.8. The van der Waals surface area contributed by atoms with E-state index in [1.54, 1.807) is 26.3 Å². The fourth-order valence-electron chi connectivity index (χ4n) is 6.12. The van der Waals surface area contributed by atoms with Crippen molar-refractivity contribution in [3.8, 4) is 5.88 Å². The fraction of sp³-hybridized carbons (Fsp3) is 0.622. The van der Waals surface area contributed by atoms with E-state index in [1.807, 2.05) is 46.0 Å². The Morgan fingerprint density at radius 1 is 1.06 bits per heavy atom. The topological polar surface area (TPSA) is 118 Å². The van der Waals surface area contributed by atoms with Gasteiger partial charge >= 0.3 is 0 Å². The van der Waals surface area contributed by atoms with Gasteiger partial charge in [0.25, 0.3) is 0 Å². The first-order chi connectivity index (χ1) is 23.5. The number of hydrogen-bond acceptors (Lipinski definition) is 10. The molecule has 0 aromatic carbocycles. The highest BCUT2D eigenvalue weighted by Gasteiger charge is 2.32. The minimum atomic E-state index is -3.81. The van der Waals surface area contributed by atoms with Crippen LogP contribution in [0.5, 0.6) is 5.88 Å². The highest BCUT2D eigenvalue weighted by Crippen LogP contribution is 2.33. The van der Waals surface area contributed by atoms with Gasteiger partial charge in [0.05, 0.1) is 47.9 Å². The first-order valence-electron chi connectivity index (χ1n) is 17.7. The molecule has 0 radical (unpaired) electrons. The van der Waals surface area contributed by atoms with E-state index in [1.165, 1.54) is 10.5 Å². The largest absolute Gasteiger partial charge is 0.475 e. The second-order valence-electron chi connectivity index (χ2n) is 12.1. The van der Waals surface area contributed by atoms with E-state index in [0.717, 1.165) is 30.8 Å². The van der Waals surface area contributed by atoms with Gasteiger partial charge in [-0.1, -0.05) is 54.0 Å². The van der Waals surface area contributed by atoms with E-state index in [4.69, 9.17) is 14.5 Å². The number of pyridine rings is 2. The van der Waals surface area contributed by atoms with Crippen molar-refractivity contribution in [1.29, 1.82) is 0 Å². The van der Waals surface area contributed by atoms with Gasteiger partial charge < -0.3 is 19.3 Å². The molecular weight excluding hydrogens is 641 g/mol. The number of carbonyl (C=O) groups excluding carboxylic acids is 1. The summed E-state index contributed by atoms with van der Waals surface area (Å²) in [5.74, 6) is -0.123. The van der Waals surface area contributed by atoms with Gasteiger partial charge in [0.2, 0.25) is 15.9 Å². The lowest BCUT2D eigenvalue weighted by Gasteiger charge is -2.33. The number of ether oxygens (including phenoxy) is 2. The number of aromatic nitrogens is 2. The van der Waals surface area contributed by atoms with Crippen LogP contribution in [-0.4, -0.2) is 104 Å². The zero-order valence-electron chi connectivity index (χ0n) is 31.5. The Hall–Kier alpha value is -3.19. The lowest BCUT2D eigenvalue weighted by atomic mass is 9.83. The van der Waals surface area contributed by atoms with Crippen molar-refractivity contribution in [2.75, 3.05) is 60.1 Å². The zero-order valence-corrected chi connectivity index (χ0v) is 32.3. The quantitative estimate of drug-likeness (QED) is 0.135. The van der Waals surface area contributed by atoms with Crippen molar-refractivity contribution in [2.45, 2.75) is 86.1 Å². The third-order valence-electron chi connectivity index (χ3n) is 8.71. The lowest BCUT2D eigenvalue weighted by molar-refractivity contribution is -0.121. The number of sulfonamides is 1. The molecule has 11 nitrogen and oxygen atoms in total. The minimum Gasteiger partial charge on any atom is -0.475 e. The molecule has 12 heteroatoms. The molecule has 2 aromatic rings. The lowest BCUT2D eigenvalue weighted by Crippen LogP contribution is -2.48. The van der Waals surface area contributed by atoms with Crippen LogP contribution in [0, 0.1) is 11.8 Å². The summed E-state index contributed by atoms with van der Waals surface area (Å²) >= 11 is 0. The van der Waals surface area contributed by atoms with Crippen LogP contribution < -0.4 is 4.74 Å². The summed E-state index contributed by atoms with van der Waals surface area (Å²) in [6.07, 6.45) is 5.55. The van der Waals surface area contributed by atoms with Gasteiger partial charge in [-0.15, -0.1) is 0 Å².